The number of para-hydroxylation sites is 1. The number of hydrogen-bond donors (Lipinski definition) is 1. The molecule has 0 amide bonds. The van der Waals surface area contributed by atoms with Gasteiger partial charge in [-0.05, 0) is 78.5 Å². The first-order chi connectivity index (χ1) is 24.0. The molecule has 2 heterocycles. The molecule has 252 valence electrons. The number of phenolic OH excluding ortho intramolecular Hbond substituents is 1. The molecule has 0 saturated heterocycles. The van der Waals surface area contributed by atoms with Gasteiger partial charge in [-0.25, -0.2) is 4.98 Å². The van der Waals surface area contributed by atoms with Crippen LogP contribution in [0.4, 0.5) is 0 Å². The van der Waals surface area contributed by atoms with Gasteiger partial charge in [-0.1, -0.05) is 111 Å². The van der Waals surface area contributed by atoms with E-state index >= 15 is 0 Å². The summed E-state index contributed by atoms with van der Waals surface area (Å²) in [6, 6.07) is 34.2. The molecule has 4 aromatic carbocycles. The van der Waals surface area contributed by atoms with E-state index in [2.05, 4.69) is 36.4 Å². The molecule has 0 aliphatic heterocycles. The quantitative estimate of drug-likeness (QED) is 0.163. The number of benzene rings is 4. The zero-order chi connectivity index (χ0) is 33.4. The Morgan fingerprint density at radius 1 is 0.755 bits per heavy atom. The first kappa shape index (κ1) is 32.2. The van der Waals surface area contributed by atoms with Crippen LogP contribution in [0.1, 0.15) is 112 Å². The van der Waals surface area contributed by atoms with E-state index in [-0.39, 0.29) is 26.8 Å². The van der Waals surface area contributed by atoms with Crippen LogP contribution < -0.4 is 0 Å². The average molecular weight is 828 g/mol. The van der Waals surface area contributed by atoms with Gasteiger partial charge in [-0.15, -0.1) is 29.3 Å². The predicted molar refractivity (Wildman–Crippen MR) is 194 cm³/mol. The van der Waals surface area contributed by atoms with Crippen LogP contribution in [-0.4, -0.2) is 15.1 Å². The van der Waals surface area contributed by atoms with E-state index in [0.717, 1.165) is 51.9 Å². The molecule has 4 nitrogen and oxygen atoms in total. The van der Waals surface area contributed by atoms with E-state index in [1.165, 1.54) is 62.5 Å². The van der Waals surface area contributed by atoms with Crippen molar-refractivity contribution in [2.45, 2.75) is 88.9 Å². The molecule has 2 aliphatic rings. The summed E-state index contributed by atoms with van der Waals surface area (Å²) in [7, 11) is 0. The summed E-state index contributed by atoms with van der Waals surface area (Å²) in [6.45, 7) is 1.95. The Morgan fingerprint density at radius 3 is 2.22 bits per heavy atom. The molecule has 49 heavy (non-hydrogen) atoms. The number of aromatic nitrogens is 2. The van der Waals surface area contributed by atoms with E-state index in [0.29, 0.717) is 28.9 Å². The van der Waals surface area contributed by atoms with Gasteiger partial charge in [0.1, 0.15) is 11.3 Å². The van der Waals surface area contributed by atoms with Gasteiger partial charge in [-0.3, -0.25) is 4.98 Å². The molecule has 2 fully saturated rings. The fourth-order valence-electron chi connectivity index (χ4n) is 8.00. The molecule has 6 aromatic rings. The van der Waals surface area contributed by atoms with E-state index in [9.17, 15) is 6.48 Å². The Kier molecular flexibility index (Phi) is 9.76. The first-order valence-corrected chi connectivity index (χ1v) is 17.8. The Hall–Kier alpha value is -4.01. The molecule has 1 unspecified atom stereocenters. The van der Waals surface area contributed by atoms with Crippen molar-refractivity contribution in [3.05, 3.63) is 126 Å². The maximum Gasteiger partial charge on any atom is 0.230 e. The van der Waals surface area contributed by atoms with Crippen molar-refractivity contribution < 1.29 is 32.0 Å². The van der Waals surface area contributed by atoms with Gasteiger partial charge >= 0.3 is 0 Å². The zero-order valence-corrected chi connectivity index (χ0v) is 30.3. The Morgan fingerprint density at radius 2 is 1.47 bits per heavy atom. The summed E-state index contributed by atoms with van der Waals surface area (Å²) in [5.74, 6) is 0.569. The summed E-state index contributed by atoms with van der Waals surface area (Å²) in [5.41, 5.74) is 9.90. The summed E-state index contributed by atoms with van der Waals surface area (Å²) in [4.78, 5) is 9.97. The van der Waals surface area contributed by atoms with Crippen LogP contribution in [-0.2, 0) is 21.1 Å². The number of oxazole rings is 1. The van der Waals surface area contributed by atoms with Crippen LogP contribution in [0.25, 0.3) is 44.9 Å². The molecule has 0 bridgehead atoms. The summed E-state index contributed by atoms with van der Waals surface area (Å²) in [5, 5.41) is 11.0. The minimum absolute atomic E-state index is 0. The zero-order valence-electron chi connectivity index (χ0n) is 29.0. The predicted octanol–water partition coefficient (Wildman–Crippen LogP) is 12.0. The third-order valence-corrected chi connectivity index (χ3v) is 10.7. The Balaban J connectivity index is 0.00000392. The fourth-order valence-corrected chi connectivity index (χ4v) is 8.00. The van der Waals surface area contributed by atoms with E-state index in [1.54, 1.807) is 6.07 Å². The van der Waals surface area contributed by atoms with Crippen LogP contribution in [0, 0.1) is 6.07 Å². The smallest absolute Gasteiger partial charge is 0.230 e. The van der Waals surface area contributed by atoms with E-state index in [4.69, 9.17) is 14.4 Å². The van der Waals surface area contributed by atoms with E-state index in [1.807, 2.05) is 67.7 Å². The third-order valence-electron chi connectivity index (χ3n) is 10.7. The number of hydrogen-bond acceptors (Lipinski definition) is 4. The van der Waals surface area contributed by atoms with Gasteiger partial charge in [0.2, 0.25) is 5.89 Å². The maximum absolute atomic E-state index is 11.0. The van der Waals surface area contributed by atoms with Gasteiger partial charge in [0.25, 0.3) is 0 Å². The van der Waals surface area contributed by atoms with Crippen LogP contribution in [0.15, 0.2) is 102 Å². The van der Waals surface area contributed by atoms with Gasteiger partial charge < -0.3 is 9.52 Å². The number of phenols is 1. The van der Waals surface area contributed by atoms with E-state index < -0.39 is 5.89 Å². The summed E-state index contributed by atoms with van der Waals surface area (Å²) in [6.07, 6.45) is 14.0. The third kappa shape index (κ3) is 6.90. The fraction of sp³-hybridized carbons (Fsp3) is 0.318. The van der Waals surface area contributed by atoms with Crippen molar-refractivity contribution >= 4 is 11.1 Å². The molecule has 5 heteroatoms. The van der Waals surface area contributed by atoms with Gasteiger partial charge in [0, 0.05) is 40.2 Å². The molecule has 8 rings (SSSR count). The Bertz CT molecular complexity index is 2100. The molecule has 1 atom stereocenters. The van der Waals surface area contributed by atoms with Crippen molar-refractivity contribution in [2.75, 3.05) is 0 Å². The molecular formula is C44H43N2O2Pt-. The van der Waals surface area contributed by atoms with Crippen LogP contribution in [0.2, 0.25) is 0 Å². The van der Waals surface area contributed by atoms with Crippen molar-refractivity contribution in [3.63, 3.8) is 0 Å². The second-order valence-corrected chi connectivity index (χ2v) is 13.7. The number of pyridine rings is 1. The first-order valence-electron chi connectivity index (χ1n) is 18.3. The number of aromatic hydroxyl groups is 1. The van der Waals surface area contributed by atoms with Crippen LogP contribution in [0.5, 0.6) is 5.75 Å². The number of rotatable bonds is 7. The minimum Gasteiger partial charge on any atom is -0.507 e. The van der Waals surface area contributed by atoms with Crippen molar-refractivity contribution in [3.8, 4) is 39.6 Å². The topological polar surface area (TPSA) is 59.2 Å². The molecular weight excluding hydrogens is 784 g/mol. The number of fused-ring (bicyclic) bond motifs is 1. The largest absolute Gasteiger partial charge is 0.507 e. The monoisotopic (exact) mass is 827 g/mol. The van der Waals surface area contributed by atoms with Gasteiger partial charge in [0.05, 0.1) is 11.1 Å². The average Bonchev–Trinajstić information content (AvgIpc) is 3.60. The van der Waals surface area contributed by atoms with Crippen LogP contribution >= 0.6 is 0 Å². The van der Waals surface area contributed by atoms with Crippen molar-refractivity contribution in [2.24, 2.45) is 0 Å². The molecule has 0 spiro atoms. The van der Waals surface area contributed by atoms with Crippen molar-refractivity contribution in [1.29, 1.82) is 0 Å². The maximum atomic E-state index is 11.0. The second-order valence-electron chi connectivity index (χ2n) is 13.7. The van der Waals surface area contributed by atoms with Crippen molar-refractivity contribution in [1.82, 2.24) is 9.97 Å². The molecule has 1 N–H and O–H groups in total. The molecule has 0 radical (unpaired) electrons. The Labute approximate surface area is 305 Å². The minimum atomic E-state index is -1.01. The molecule has 2 saturated carbocycles. The summed E-state index contributed by atoms with van der Waals surface area (Å²) >= 11 is 0. The standard InChI is InChI=1S/C44H43N2O2.Pt/c1-29(30-13-5-2-6-14-30)37-20-12-24-45-42(37)36-26-34(32-17-9-4-10-18-32)25-35(27-36)38-19-11-21-41-43(38)46-44(48-41)39-28-33(22-23-40(39)47)31-15-7-3-8-16-31;/h2,5-6,11-14,19-26,28-29,31-32,47H,3-4,7-10,15-18H2,1H3;/q-1;/i29D;. The molecule has 2 aliphatic carbocycles. The summed E-state index contributed by atoms with van der Waals surface area (Å²) < 4.78 is 16.0. The molecule has 2 aromatic heterocycles. The second kappa shape index (κ2) is 14.8. The van der Waals surface area contributed by atoms with Gasteiger partial charge in [0.15, 0.2) is 0 Å². The van der Waals surface area contributed by atoms with Crippen LogP contribution in [0.3, 0.4) is 0 Å². The van der Waals surface area contributed by atoms with Gasteiger partial charge in [-0.2, -0.15) is 0 Å². The number of nitrogens with zero attached hydrogens (tertiary/aromatic N) is 2. The normalized spacial score (nSPS) is 17.3. The SMILES string of the molecule is [2H]C(C)(c1ccccc1)c1cccnc1-c1[c-]c(-c2cccc3oc(-c4cc(C5CCCCC5)ccc4O)nc23)cc(C2CCCCC2)c1.[Pt].